The third kappa shape index (κ3) is 4.01. The van der Waals surface area contributed by atoms with Crippen LogP contribution in [0.1, 0.15) is 16.8 Å². The molecule has 3 aromatic rings. The van der Waals surface area contributed by atoms with E-state index in [2.05, 4.69) is 10.3 Å². The number of fused-ring (bicyclic) bond motifs is 2. The van der Waals surface area contributed by atoms with Crippen molar-refractivity contribution in [2.45, 2.75) is 6.42 Å². The molecule has 1 aromatic heterocycles. The van der Waals surface area contributed by atoms with E-state index in [4.69, 9.17) is 14.2 Å². The molecule has 4 rings (SSSR count). The Morgan fingerprint density at radius 2 is 1.96 bits per heavy atom. The number of amides is 1. The smallest absolute Gasteiger partial charge is 0.338 e. The zero-order valence-corrected chi connectivity index (χ0v) is 15.1. The van der Waals surface area contributed by atoms with Gasteiger partial charge in [-0.1, -0.05) is 0 Å². The predicted molar refractivity (Wildman–Crippen MR) is 101 cm³/mol. The number of carbonyl (C=O) groups excluding carboxylic acids is 2. The highest BCUT2D eigenvalue weighted by atomic mass is 32.1. The fourth-order valence-corrected chi connectivity index (χ4v) is 3.35. The van der Waals surface area contributed by atoms with E-state index in [1.807, 2.05) is 0 Å². The molecule has 0 aliphatic carbocycles. The van der Waals surface area contributed by atoms with E-state index >= 15 is 0 Å². The lowest BCUT2D eigenvalue weighted by Gasteiger charge is -2.10. The monoisotopic (exact) mass is 384 g/mol. The first-order valence-corrected chi connectivity index (χ1v) is 9.27. The zero-order valence-electron chi connectivity index (χ0n) is 14.3. The Kier molecular flexibility index (Phi) is 4.88. The van der Waals surface area contributed by atoms with Crippen LogP contribution < -0.4 is 14.8 Å². The Hall–Kier alpha value is -3.13. The average Bonchev–Trinajstić information content (AvgIpc) is 3.02. The molecule has 2 heterocycles. The van der Waals surface area contributed by atoms with E-state index in [0.29, 0.717) is 36.0 Å². The molecule has 138 valence electrons. The highest BCUT2D eigenvalue weighted by Gasteiger charge is 2.14. The van der Waals surface area contributed by atoms with Crippen molar-refractivity contribution in [2.75, 3.05) is 25.1 Å². The van der Waals surface area contributed by atoms with E-state index in [1.165, 1.54) is 11.3 Å². The van der Waals surface area contributed by atoms with Gasteiger partial charge in [0.1, 0.15) is 0 Å². The standard InChI is InChI=1S/C19H16N2O5S/c22-18(21-13-3-5-15-16(9-13)25-7-1-6-24-15)10-26-19(23)12-2-4-14-17(8-12)27-11-20-14/h2-5,8-9,11H,1,6-7,10H2,(H,21,22). The molecule has 0 radical (unpaired) electrons. The number of hydrogen-bond acceptors (Lipinski definition) is 7. The Balaban J connectivity index is 1.35. The molecule has 1 aliphatic heterocycles. The summed E-state index contributed by atoms with van der Waals surface area (Å²) in [6.45, 7) is 0.780. The quantitative estimate of drug-likeness (QED) is 0.695. The second-order valence-corrected chi connectivity index (χ2v) is 6.76. The van der Waals surface area contributed by atoms with Gasteiger partial charge in [-0.25, -0.2) is 9.78 Å². The van der Waals surface area contributed by atoms with Crippen LogP contribution in [0.2, 0.25) is 0 Å². The van der Waals surface area contributed by atoms with Crippen LogP contribution >= 0.6 is 11.3 Å². The predicted octanol–water partition coefficient (Wildman–Crippen LogP) is 3.25. The van der Waals surface area contributed by atoms with Crippen molar-refractivity contribution in [1.29, 1.82) is 0 Å². The molecular formula is C19H16N2O5S. The highest BCUT2D eigenvalue weighted by Crippen LogP contribution is 2.32. The maximum atomic E-state index is 12.1. The molecular weight excluding hydrogens is 368 g/mol. The molecule has 0 spiro atoms. The van der Waals surface area contributed by atoms with Gasteiger partial charge >= 0.3 is 5.97 Å². The fourth-order valence-electron chi connectivity index (χ4n) is 2.63. The Labute approximate surface area is 158 Å². The van der Waals surface area contributed by atoms with Crippen LogP contribution in [-0.2, 0) is 9.53 Å². The molecule has 0 fully saturated rings. The highest BCUT2D eigenvalue weighted by molar-refractivity contribution is 7.16. The molecule has 1 N–H and O–H groups in total. The largest absolute Gasteiger partial charge is 0.490 e. The summed E-state index contributed by atoms with van der Waals surface area (Å²) in [4.78, 5) is 28.4. The molecule has 27 heavy (non-hydrogen) atoms. The lowest BCUT2D eigenvalue weighted by atomic mass is 10.2. The number of nitrogens with zero attached hydrogens (tertiary/aromatic N) is 1. The molecule has 0 unspecified atom stereocenters. The van der Waals surface area contributed by atoms with Gasteiger partial charge in [-0.05, 0) is 30.3 Å². The molecule has 7 nitrogen and oxygen atoms in total. The van der Waals surface area contributed by atoms with Crippen LogP contribution in [0.15, 0.2) is 41.9 Å². The third-order valence-corrected chi connectivity index (χ3v) is 4.72. The number of thiazole rings is 1. The lowest BCUT2D eigenvalue weighted by Crippen LogP contribution is -2.21. The van der Waals surface area contributed by atoms with Crippen LogP contribution in [0.4, 0.5) is 5.69 Å². The van der Waals surface area contributed by atoms with E-state index in [-0.39, 0.29) is 6.61 Å². The summed E-state index contributed by atoms with van der Waals surface area (Å²) in [5.74, 6) is 0.242. The van der Waals surface area contributed by atoms with Crippen molar-refractivity contribution in [3.05, 3.63) is 47.5 Å². The first-order valence-electron chi connectivity index (χ1n) is 8.39. The second kappa shape index (κ2) is 7.63. The van der Waals surface area contributed by atoms with Crippen molar-refractivity contribution in [3.63, 3.8) is 0 Å². The van der Waals surface area contributed by atoms with Gasteiger partial charge in [-0.15, -0.1) is 11.3 Å². The number of anilines is 1. The SMILES string of the molecule is O=C(COC(=O)c1ccc2ncsc2c1)Nc1ccc2c(c1)OCCCO2. The van der Waals surface area contributed by atoms with Crippen LogP contribution in [0.3, 0.4) is 0 Å². The molecule has 1 amide bonds. The minimum atomic E-state index is -0.556. The Bertz CT molecular complexity index is 1000. The Morgan fingerprint density at radius 3 is 2.85 bits per heavy atom. The van der Waals surface area contributed by atoms with E-state index < -0.39 is 11.9 Å². The average molecular weight is 384 g/mol. The Morgan fingerprint density at radius 1 is 1.11 bits per heavy atom. The molecule has 0 atom stereocenters. The summed E-state index contributed by atoms with van der Waals surface area (Å²) < 4.78 is 17.1. The normalized spacial score (nSPS) is 13.0. The summed E-state index contributed by atoms with van der Waals surface area (Å²) in [6, 6.07) is 10.2. The van der Waals surface area contributed by atoms with Crippen molar-refractivity contribution in [3.8, 4) is 11.5 Å². The maximum absolute atomic E-state index is 12.1. The van der Waals surface area contributed by atoms with Crippen LogP contribution in [0, 0.1) is 0 Å². The van der Waals surface area contributed by atoms with Crippen LogP contribution in [-0.4, -0.2) is 36.7 Å². The molecule has 0 saturated heterocycles. The van der Waals surface area contributed by atoms with Gasteiger partial charge in [0.15, 0.2) is 18.1 Å². The first-order chi connectivity index (χ1) is 13.2. The summed E-state index contributed by atoms with van der Waals surface area (Å²) in [5.41, 5.74) is 3.47. The lowest BCUT2D eigenvalue weighted by molar-refractivity contribution is -0.119. The zero-order chi connectivity index (χ0) is 18.6. The number of benzene rings is 2. The number of aromatic nitrogens is 1. The summed E-state index contributed by atoms with van der Waals surface area (Å²) in [7, 11) is 0. The van der Waals surface area contributed by atoms with Crippen molar-refractivity contribution >= 4 is 39.1 Å². The van der Waals surface area contributed by atoms with Crippen LogP contribution in [0.25, 0.3) is 10.2 Å². The molecule has 8 heteroatoms. The number of rotatable bonds is 4. The van der Waals surface area contributed by atoms with Gasteiger partial charge in [-0.2, -0.15) is 0 Å². The minimum Gasteiger partial charge on any atom is -0.490 e. The van der Waals surface area contributed by atoms with Gasteiger partial charge in [0.25, 0.3) is 5.91 Å². The topological polar surface area (TPSA) is 86.8 Å². The third-order valence-electron chi connectivity index (χ3n) is 3.93. The van der Waals surface area contributed by atoms with Crippen molar-refractivity contribution < 1.29 is 23.8 Å². The number of nitrogens with one attached hydrogen (secondary N) is 1. The maximum Gasteiger partial charge on any atom is 0.338 e. The number of esters is 1. The summed E-state index contributed by atoms with van der Waals surface area (Å²) in [6.07, 6.45) is 0.805. The summed E-state index contributed by atoms with van der Waals surface area (Å²) in [5, 5.41) is 2.69. The van der Waals surface area contributed by atoms with Crippen molar-refractivity contribution in [2.24, 2.45) is 0 Å². The van der Waals surface area contributed by atoms with E-state index in [9.17, 15) is 9.59 Å². The number of ether oxygens (including phenoxy) is 3. The molecule has 0 bridgehead atoms. The second-order valence-electron chi connectivity index (χ2n) is 5.87. The van der Waals surface area contributed by atoms with E-state index in [0.717, 1.165) is 16.6 Å². The van der Waals surface area contributed by atoms with Gasteiger partial charge in [0.2, 0.25) is 0 Å². The van der Waals surface area contributed by atoms with E-state index in [1.54, 1.807) is 41.9 Å². The molecule has 1 aliphatic rings. The van der Waals surface area contributed by atoms with Crippen LogP contribution in [0.5, 0.6) is 11.5 Å². The van der Waals surface area contributed by atoms with Gasteiger partial charge in [-0.3, -0.25) is 4.79 Å². The van der Waals surface area contributed by atoms with Crippen molar-refractivity contribution in [1.82, 2.24) is 4.98 Å². The number of carbonyl (C=O) groups is 2. The minimum absolute atomic E-state index is 0.381. The molecule has 0 saturated carbocycles. The van der Waals surface area contributed by atoms with Gasteiger partial charge in [0.05, 0.1) is 34.5 Å². The van der Waals surface area contributed by atoms with Gasteiger partial charge < -0.3 is 19.5 Å². The fraction of sp³-hybridized carbons (Fsp3) is 0.211. The molecule has 2 aromatic carbocycles. The summed E-state index contributed by atoms with van der Waals surface area (Å²) >= 11 is 1.44. The number of hydrogen-bond donors (Lipinski definition) is 1. The first kappa shape index (κ1) is 17.3. The van der Waals surface area contributed by atoms with Gasteiger partial charge in [0, 0.05) is 18.2 Å².